The maximum absolute atomic E-state index is 12.7. The minimum Gasteiger partial charge on any atom is -0.395 e. The van der Waals surface area contributed by atoms with Crippen LogP contribution in [0.3, 0.4) is 0 Å². The number of aliphatic hydroxyl groups excluding tert-OH is 1. The number of hydrogen-bond donors (Lipinski definition) is 2. The summed E-state index contributed by atoms with van der Waals surface area (Å²) in [5.74, 6) is -2.26. The minimum absolute atomic E-state index is 0.0710. The zero-order chi connectivity index (χ0) is 15.3. The Balaban J connectivity index is 2.55. The Morgan fingerprint density at radius 2 is 2.10 bits per heavy atom. The Morgan fingerprint density at radius 3 is 2.60 bits per heavy atom. The molecule has 0 saturated heterocycles. The molecular formula is C13H22F3NO2S. The molecule has 0 aromatic heterocycles. The van der Waals surface area contributed by atoms with Gasteiger partial charge in [0.25, 0.3) is 0 Å². The standard InChI is InChI=1S/C13H22F3NO2S/c1-8(11(7-18)20-2)17-12(19)9-4-3-5-10(6-9)13(14,15)16/h8-11,18H,3-7H2,1-2H3,(H,17,19). The Bertz CT molecular complexity index is 321. The van der Waals surface area contributed by atoms with Gasteiger partial charge in [-0.1, -0.05) is 6.42 Å². The van der Waals surface area contributed by atoms with Crippen LogP contribution in [0.4, 0.5) is 13.2 Å². The Labute approximate surface area is 121 Å². The van der Waals surface area contributed by atoms with Gasteiger partial charge in [-0.05, 0) is 32.4 Å². The lowest BCUT2D eigenvalue weighted by molar-refractivity contribution is -0.186. The van der Waals surface area contributed by atoms with Crippen molar-refractivity contribution in [1.29, 1.82) is 0 Å². The van der Waals surface area contributed by atoms with Gasteiger partial charge in [-0.3, -0.25) is 4.79 Å². The number of alkyl halides is 3. The van der Waals surface area contributed by atoms with Crippen molar-refractivity contribution in [3.63, 3.8) is 0 Å². The largest absolute Gasteiger partial charge is 0.395 e. The average molecular weight is 313 g/mol. The molecule has 20 heavy (non-hydrogen) atoms. The quantitative estimate of drug-likeness (QED) is 0.820. The first kappa shape index (κ1) is 17.6. The smallest absolute Gasteiger partial charge is 0.391 e. The van der Waals surface area contributed by atoms with Crippen LogP contribution in [0.25, 0.3) is 0 Å². The molecule has 3 nitrogen and oxygen atoms in total. The lowest BCUT2D eigenvalue weighted by Gasteiger charge is -2.31. The molecule has 1 aliphatic rings. The molecule has 0 heterocycles. The zero-order valence-corrected chi connectivity index (χ0v) is 12.6. The molecule has 1 saturated carbocycles. The maximum atomic E-state index is 12.7. The topological polar surface area (TPSA) is 49.3 Å². The van der Waals surface area contributed by atoms with Gasteiger partial charge >= 0.3 is 6.18 Å². The summed E-state index contributed by atoms with van der Waals surface area (Å²) in [5, 5.41) is 11.7. The van der Waals surface area contributed by atoms with Crippen LogP contribution in [0.15, 0.2) is 0 Å². The van der Waals surface area contributed by atoms with Crippen molar-refractivity contribution < 1.29 is 23.1 Å². The van der Waals surface area contributed by atoms with Gasteiger partial charge < -0.3 is 10.4 Å². The first-order chi connectivity index (χ1) is 9.29. The van der Waals surface area contributed by atoms with E-state index in [-0.39, 0.29) is 36.6 Å². The summed E-state index contributed by atoms with van der Waals surface area (Å²) >= 11 is 1.43. The molecular weight excluding hydrogens is 291 g/mol. The molecule has 1 fully saturated rings. The van der Waals surface area contributed by atoms with Gasteiger partial charge in [0.15, 0.2) is 0 Å². The second kappa shape index (κ2) is 7.54. The van der Waals surface area contributed by atoms with E-state index < -0.39 is 18.0 Å². The summed E-state index contributed by atoms with van der Waals surface area (Å²) in [5.41, 5.74) is 0. The number of aliphatic hydroxyl groups is 1. The molecule has 1 amide bonds. The van der Waals surface area contributed by atoms with Crippen LogP contribution in [-0.2, 0) is 4.79 Å². The van der Waals surface area contributed by atoms with Crippen LogP contribution >= 0.6 is 11.8 Å². The van der Waals surface area contributed by atoms with Crippen LogP contribution in [0, 0.1) is 11.8 Å². The molecule has 0 radical (unpaired) electrons. The van der Waals surface area contributed by atoms with E-state index in [9.17, 15) is 18.0 Å². The third-order valence-corrected chi connectivity index (χ3v) is 5.08. The fourth-order valence-corrected chi connectivity index (χ4v) is 3.22. The van der Waals surface area contributed by atoms with Gasteiger partial charge in [0.2, 0.25) is 5.91 Å². The van der Waals surface area contributed by atoms with Crippen molar-refractivity contribution >= 4 is 17.7 Å². The molecule has 0 aliphatic heterocycles. The summed E-state index contributed by atoms with van der Waals surface area (Å²) in [7, 11) is 0. The molecule has 7 heteroatoms. The fraction of sp³-hybridized carbons (Fsp3) is 0.923. The van der Waals surface area contributed by atoms with Crippen LogP contribution < -0.4 is 5.32 Å². The molecule has 0 spiro atoms. The average Bonchev–Trinajstić information content (AvgIpc) is 2.39. The third-order valence-electron chi connectivity index (χ3n) is 3.92. The number of carbonyl (C=O) groups is 1. The van der Waals surface area contributed by atoms with Crippen molar-refractivity contribution in [1.82, 2.24) is 5.32 Å². The highest BCUT2D eigenvalue weighted by Crippen LogP contribution is 2.40. The van der Waals surface area contributed by atoms with Gasteiger partial charge in [0.05, 0.1) is 12.5 Å². The number of thioether (sulfide) groups is 1. The second-order valence-electron chi connectivity index (χ2n) is 5.36. The first-order valence-electron chi connectivity index (χ1n) is 6.80. The molecule has 1 rings (SSSR count). The predicted octanol–water partition coefficient (Wildman–Crippen LogP) is 2.58. The van der Waals surface area contributed by atoms with Crippen LogP contribution in [0.1, 0.15) is 32.6 Å². The number of rotatable bonds is 5. The summed E-state index contributed by atoms with van der Waals surface area (Å²) in [6.45, 7) is 1.69. The van der Waals surface area contributed by atoms with Crippen molar-refractivity contribution in [2.24, 2.45) is 11.8 Å². The number of nitrogens with one attached hydrogen (secondary N) is 1. The molecule has 0 bridgehead atoms. The fourth-order valence-electron chi connectivity index (χ4n) is 2.60. The number of halogens is 3. The number of carbonyl (C=O) groups excluding carboxylic acids is 1. The molecule has 1 aliphatic carbocycles. The van der Waals surface area contributed by atoms with Crippen LogP contribution in [-0.4, -0.2) is 41.3 Å². The van der Waals surface area contributed by atoms with Crippen LogP contribution in [0.5, 0.6) is 0 Å². The van der Waals surface area contributed by atoms with Gasteiger partial charge in [-0.25, -0.2) is 0 Å². The van der Waals surface area contributed by atoms with Crippen molar-refractivity contribution in [2.75, 3.05) is 12.9 Å². The highest BCUT2D eigenvalue weighted by molar-refractivity contribution is 7.99. The van der Waals surface area contributed by atoms with Crippen molar-refractivity contribution in [3.05, 3.63) is 0 Å². The molecule has 4 atom stereocenters. The van der Waals surface area contributed by atoms with E-state index in [2.05, 4.69) is 5.32 Å². The number of amides is 1. The lowest BCUT2D eigenvalue weighted by Crippen LogP contribution is -2.45. The number of hydrogen-bond acceptors (Lipinski definition) is 3. The van der Waals surface area contributed by atoms with E-state index >= 15 is 0 Å². The Hall–Kier alpha value is -0.430. The maximum Gasteiger partial charge on any atom is 0.391 e. The molecule has 4 unspecified atom stereocenters. The highest BCUT2D eigenvalue weighted by Gasteiger charge is 2.43. The second-order valence-corrected chi connectivity index (χ2v) is 6.43. The summed E-state index contributed by atoms with van der Waals surface area (Å²) in [6.07, 6.45) is -1.45. The van der Waals surface area contributed by atoms with E-state index in [0.29, 0.717) is 12.8 Å². The zero-order valence-electron chi connectivity index (χ0n) is 11.7. The third kappa shape index (κ3) is 4.84. The summed E-state index contributed by atoms with van der Waals surface area (Å²) in [6, 6.07) is -0.256. The van der Waals surface area contributed by atoms with Gasteiger partial charge in [0.1, 0.15) is 0 Å². The Kier molecular flexibility index (Phi) is 6.64. The predicted molar refractivity (Wildman–Crippen MR) is 73.5 cm³/mol. The van der Waals surface area contributed by atoms with Crippen molar-refractivity contribution in [3.8, 4) is 0 Å². The van der Waals surface area contributed by atoms with Crippen LogP contribution in [0.2, 0.25) is 0 Å². The van der Waals surface area contributed by atoms with Gasteiger partial charge in [0, 0.05) is 17.2 Å². The first-order valence-corrected chi connectivity index (χ1v) is 8.09. The molecule has 2 N–H and O–H groups in total. The molecule has 0 aromatic rings. The monoisotopic (exact) mass is 313 g/mol. The highest BCUT2D eigenvalue weighted by atomic mass is 32.2. The lowest BCUT2D eigenvalue weighted by atomic mass is 9.80. The normalized spacial score (nSPS) is 26.9. The minimum atomic E-state index is -4.21. The molecule has 118 valence electrons. The van der Waals surface area contributed by atoms with Gasteiger partial charge in [-0.2, -0.15) is 24.9 Å². The Morgan fingerprint density at radius 1 is 1.45 bits per heavy atom. The van der Waals surface area contributed by atoms with E-state index in [4.69, 9.17) is 5.11 Å². The summed E-state index contributed by atoms with van der Waals surface area (Å²) in [4.78, 5) is 12.0. The summed E-state index contributed by atoms with van der Waals surface area (Å²) < 4.78 is 38.1. The SMILES string of the molecule is CSC(CO)C(C)NC(=O)C1CCCC(C(F)(F)F)C1. The van der Waals surface area contributed by atoms with Crippen molar-refractivity contribution in [2.45, 2.75) is 50.1 Å². The van der Waals surface area contributed by atoms with E-state index in [1.165, 1.54) is 11.8 Å². The van der Waals surface area contributed by atoms with Gasteiger partial charge in [-0.15, -0.1) is 0 Å². The van der Waals surface area contributed by atoms with E-state index in [1.807, 2.05) is 6.26 Å². The van der Waals surface area contributed by atoms with E-state index in [1.54, 1.807) is 6.92 Å². The molecule has 0 aromatic carbocycles. The van der Waals surface area contributed by atoms with E-state index in [0.717, 1.165) is 0 Å².